The maximum Gasteiger partial charge on any atom is 0.0534 e. The van der Waals surface area contributed by atoms with E-state index in [0.717, 1.165) is 19.3 Å². The Labute approximate surface area is 59.0 Å². The van der Waals surface area contributed by atoms with Gasteiger partial charge in [-0.1, -0.05) is 5.11 Å². The first-order valence-corrected chi connectivity index (χ1v) is 3.59. The summed E-state index contributed by atoms with van der Waals surface area (Å²) >= 11 is 0. The SMILES string of the molecule is [N-]=[N+]=NC12CC(N)CC1C2. The van der Waals surface area contributed by atoms with Crippen LogP contribution < -0.4 is 5.73 Å². The average molecular weight is 138 g/mol. The van der Waals surface area contributed by atoms with Gasteiger partial charge in [0.1, 0.15) is 0 Å². The fourth-order valence-electron chi connectivity index (χ4n) is 2.08. The quantitative estimate of drug-likeness (QED) is 0.329. The molecule has 54 valence electrons. The van der Waals surface area contributed by atoms with E-state index in [-0.39, 0.29) is 11.6 Å². The third-order valence-electron chi connectivity index (χ3n) is 2.65. The van der Waals surface area contributed by atoms with Gasteiger partial charge >= 0.3 is 0 Å². The molecule has 3 unspecified atom stereocenters. The second-order valence-corrected chi connectivity index (χ2v) is 3.39. The molecule has 2 aliphatic rings. The Balaban J connectivity index is 2.15. The predicted octanol–water partition coefficient (Wildman–Crippen LogP) is 1.18. The second kappa shape index (κ2) is 1.65. The summed E-state index contributed by atoms with van der Waals surface area (Å²) in [4.78, 5) is 2.84. The van der Waals surface area contributed by atoms with Crippen LogP contribution in [0, 0.1) is 5.92 Å². The van der Waals surface area contributed by atoms with Crippen LogP contribution in [0.3, 0.4) is 0 Å². The van der Waals surface area contributed by atoms with Crippen LogP contribution in [0.5, 0.6) is 0 Å². The highest BCUT2D eigenvalue weighted by molar-refractivity contribution is 5.17. The topological polar surface area (TPSA) is 74.8 Å². The Morgan fingerprint density at radius 3 is 2.90 bits per heavy atom. The standard InChI is InChI=1S/C6H10N4/c7-5-1-4-2-6(4,3-5)9-10-8/h4-5H,1-3,7H2. The van der Waals surface area contributed by atoms with Gasteiger partial charge in [-0.15, -0.1) is 0 Å². The van der Waals surface area contributed by atoms with Crippen molar-refractivity contribution in [3.8, 4) is 0 Å². The van der Waals surface area contributed by atoms with Gasteiger partial charge in [-0.05, 0) is 30.7 Å². The lowest BCUT2D eigenvalue weighted by Gasteiger charge is -2.05. The van der Waals surface area contributed by atoms with Crippen molar-refractivity contribution in [2.45, 2.75) is 30.8 Å². The normalized spacial score (nSPS) is 49.7. The first-order valence-electron chi connectivity index (χ1n) is 3.59. The van der Waals surface area contributed by atoms with Crippen LogP contribution in [0.2, 0.25) is 0 Å². The summed E-state index contributed by atoms with van der Waals surface area (Å²) in [6.07, 6.45) is 3.03. The van der Waals surface area contributed by atoms with Gasteiger partial charge in [-0.2, -0.15) is 0 Å². The Morgan fingerprint density at radius 1 is 1.60 bits per heavy atom. The highest BCUT2D eigenvalue weighted by atomic mass is 15.2. The lowest BCUT2D eigenvalue weighted by molar-refractivity contribution is 0.577. The fraction of sp³-hybridized carbons (Fsp3) is 1.00. The van der Waals surface area contributed by atoms with Crippen LogP contribution in [0.4, 0.5) is 0 Å². The largest absolute Gasteiger partial charge is 0.328 e. The Hall–Kier alpha value is -0.730. The average Bonchev–Trinajstić information content (AvgIpc) is 2.36. The molecule has 0 aliphatic heterocycles. The van der Waals surface area contributed by atoms with Gasteiger partial charge in [0.2, 0.25) is 0 Å². The number of hydrogen-bond donors (Lipinski definition) is 1. The summed E-state index contributed by atoms with van der Waals surface area (Å²) < 4.78 is 0. The third kappa shape index (κ3) is 0.632. The minimum absolute atomic E-state index is 0.0336. The number of hydrogen-bond acceptors (Lipinski definition) is 2. The van der Waals surface area contributed by atoms with E-state index >= 15 is 0 Å². The van der Waals surface area contributed by atoms with Crippen molar-refractivity contribution in [3.05, 3.63) is 10.4 Å². The van der Waals surface area contributed by atoms with Crippen molar-refractivity contribution in [3.63, 3.8) is 0 Å². The van der Waals surface area contributed by atoms with Crippen LogP contribution in [0.15, 0.2) is 5.11 Å². The lowest BCUT2D eigenvalue weighted by atomic mass is 10.1. The third-order valence-corrected chi connectivity index (χ3v) is 2.65. The van der Waals surface area contributed by atoms with E-state index < -0.39 is 0 Å². The molecule has 0 aromatic rings. The van der Waals surface area contributed by atoms with E-state index in [1.54, 1.807) is 0 Å². The summed E-state index contributed by atoms with van der Waals surface area (Å²) in [6.45, 7) is 0. The molecule has 4 nitrogen and oxygen atoms in total. The molecule has 0 amide bonds. The fourth-order valence-corrected chi connectivity index (χ4v) is 2.08. The van der Waals surface area contributed by atoms with E-state index in [0.29, 0.717) is 5.92 Å². The van der Waals surface area contributed by atoms with Gasteiger partial charge in [-0.25, -0.2) is 0 Å². The van der Waals surface area contributed by atoms with Gasteiger partial charge in [0.15, 0.2) is 0 Å². The van der Waals surface area contributed by atoms with Crippen LogP contribution in [-0.2, 0) is 0 Å². The maximum atomic E-state index is 8.22. The zero-order chi connectivity index (χ0) is 7.19. The van der Waals surface area contributed by atoms with E-state index in [9.17, 15) is 0 Å². The van der Waals surface area contributed by atoms with Crippen LogP contribution in [-0.4, -0.2) is 11.6 Å². The number of nitrogens with zero attached hydrogens (tertiary/aromatic N) is 3. The van der Waals surface area contributed by atoms with Crippen LogP contribution >= 0.6 is 0 Å². The van der Waals surface area contributed by atoms with Crippen molar-refractivity contribution >= 4 is 0 Å². The summed E-state index contributed by atoms with van der Waals surface area (Å²) in [5.41, 5.74) is 13.9. The zero-order valence-corrected chi connectivity index (χ0v) is 5.70. The molecule has 2 rings (SSSR count). The van der Waals surface area contributed by atoms with Gasteiger partial charge in [0.05, 0.1) is 5.54 Å². The minimum atomic E-state index is -0.0336. The first-order chi connectivity index (χ1) is 4.77. The molecule has 10 heavy (non-hydrogen) atoms. The zero-order valence-electron chi connectivity index (χ0n) is 5.70. The molecule has 4 heteroatoms. The van der Waals surface area contributed by atoms with Crippen molar-refractivity contribution < 1.29 is 0 Å². The molecule has 2 aliphatic carbocycles. The van der Waals surface area contributed by atoms with E-state index in [1.165, 1.54) is 0 Å². The molecular formula is C6H10N4. The van der Waals surface area contributed by atoms with Crippen molar-refractivity contribution in [2.24, 2.45) is 16.8 Å². The highest BCUT2D eigenvalue weighted by Crippen LogP contribution is 2.58. The van der Waals surface area contributed by atoms with Crippen LogP contribution in [0.1, 0.15) is 19.3 Å². The molecule has 2 saturated carbocycles. The smallest absolute Gasteiger partial charge is 0.0534 e. The molecule has 3 atom stereocenters. The number of azide groups is 1. The minimum Gasteiger partial charge on any atom is -0.328 e. The van der Waals surface area contributed by atoms with Gasteiger partial charge in [-0.3, -0.25) is 0 Å². The molecule has 0 bridgehead atoms. The summed E-state index contributed by atoms with van der Waals surface area (Å²) in [7, 11) is 0. The molecule has 0 heterocycles. The molecular weight excluding hydrogens is 128 g/mol. The highest BCUT2D eigenvalue weighted by Gasteiger charge is 2.59. The molecule has 0 radical (unpaired) electrons. The summed E-state index contributed by atoms with van der Waals surface area (Å²) in [5.74, 6) is 0.610. The van der Waals surface area contributed by atoms with Gasteiger partial charge in [0.25, 0.3) is 0 Å². The van der Waals surface area contributed by atoms with Crippen molar-refractivity contribution in [2.75, 3.05) is 0 Å². The first kappa shape index (κ1) is 6.01. The van der Waals surface area contributed by atoms with Crippen molar-refractivity contribution in [1.82, 2.24) is 0 Å². The molecule has 0 aromatic heterocycles. The molecule has 2 N–H and O–H groups in total. The summed E-state index contributed by atoms with van der Waals surface area (Å²) in [6, 6.07) is 0.282. The Kier molecular flexibility index (Phi) is 0.993. The lowest BCUT2D eigenvalue weighted by Crippen LogP contribution is -2.19. The van der Waals surface area contributed by atoms with E-state index in [1.807, 2.05) is 0 Å². The maximum absolute atomic E-state index is 8.22. The van der Waals surface area contributed by atoms with Gasteiger partial charge < -0.3 is 5.73 Å². The molecule has 2 fully saturated rings. The monoisotopic (exact) mass is 138 g/mol. The van der Waals surface area contributed by atoms with E-state index in [4.69, 9.17) is 11.3 Å². The predicted molar refractivity (Wildman–Crippen MR) is 37.2 cm³/mol. The Morgan fingerprint density at radius 2 is 2.40 bits per heavy atom. The van der Waals surface area contributed by atoms with Crippen LogP contribution in [0.25, 0.3) is 10.4 Å². The van der Waals surface area contributed by atoms with Crippen molar-refractivity contribution in [1.29, 1.82) is 0 Å². The molecule has 0 aromatic carbocycles. The van der Waals surface area contributed by atoms with Gasteiger partial charge in [0, 0.05) is 11.0 Å². The summed E-state index contributed by atoms with van der Waals surface area (Å²) in [5, 5.41) is 3.78. The Bertz CT molecular complexity index is 208. The molecule has 0 saturated heterocycles. The number of nitrogens with two attached hydrogens (primary N) is 1. The number of rotatable bonds is 1. The number of fused-ring (bicyclic) bond motifs is 1. The second-order valence-electron chi connectivity index (χ2n) is 3.39. The molecule has 0 spiro atoms. The van der Waals surface area contributed by atoms with E-state index in [2.05, 4.69) is 10.0 Å².